The lowest BCUT2D eigenvalue weighted by molar-refractivity contribution is -0.162. The standard InChI is InChI=1S/C44H9F19N6/c45-38-34-25(14-68)29(17-3-21(39(46,47)48)8-22(4-17)40(49,50)51)32(19(10-64)11-65)36(34)31(16-1-2-27(43(58,59)60)28(7-16)44(61,62)63)37-33(20(12-66)13-67)30(26(15-69)35(37)38)18-5-23(41(52,53)54)9-24(6-18)42(55,56)57/h1-9H. The average Bonchev–Trinajstić information content (AvgIpc) is 3.76. The first-order valence-corrected chi connectivity index (χ1v) is 17.9. The Morgan fingerprint density at radius 1 is 0.348 bits per heavy atom. The summed E-state index contributed by atoms with van der Waals surface area (Å²) in [4.78, 5) is 0. The van der Waals surface area contributed by atoms with Crippen LogP contribution in [0.4, 0.5) is 83.4 Å². The van der Waals surface area contributed by atoms with Gasteiger partial charge in [-0.2, -0.15) is 111 Å². The van der Waals surface area contributed by atoms with Crippen LogP contribution in [0.3, 0.4) is 0 Å². The highest BCUT2D eigenvalue weighted by atomic mass is 19.4. The van der Waals surface area contributed by atoms with Crippen LogP contribution >= 0.6 is 0 Å². The van der Waals surface area contributed by atoms with Crippen LogP contribution in [-0.4, -0.2) is 0 Å². The van der Waals surface area contributed by atoms with Gasteiger partial charge in [-0.05, 0) is 70.8 Å². The molecule has 0 atom stereocenters. The maximum absolute atomic E-state index is 17.9. The van der Waals surface area contributed by atoms with Gasteiger partial charge in [0.15, 0.2) is 0 Å². The summed E-state index contributed by atoms with van der Waals surface area (Å²) in [5.74, 6) is -2.21. The normalized spacial score (nSPS) is 14.0. The van der Waals surface area contributed by atoms with Crippen molar-refractivity contribution >= 4 is 33.4 Å². The van der Waals surface area contributed by atoms with Crippen LogP contribution in [0.1, 0.15) is 66.8 Å². The minimum Gasteiger partial charge on any atom is -0.206 e. The Labute approximate surface area is 371 Å². The van der Waals surface area contributed by atoms with Gasteiger partial charge in [-0.25, -0.2) is 4.39 Å². The molecule has 0 saturated heterocycles. The highest BCUT2D eigenvalue weighted by molar-refractivity contribution is 6.33. The molecular weight excluding hydrogens is 973 g/mol. The molecule has 0 N–H and O–H groups in total. The van der Waals surface area contributed by atoms with Crippen LogP contribution in [0.15, 0.2) is 65.7 Å². The van der Waals surface area contributed by atoms with Gasteiger partial charge in [0.1, 0.15) is 53.4 Å². The number of nitrogens with zero attached hydrogens (tertiary/aromatic N) is 6. The lowest BCUT2D eigenvalue weighted by Crippen LogP contribution is -2.16. The first kappa shape index (κ1) is 49.9. The minimum atomic E-state index is -6.08. The molecule has 0 aromatic heterocycles. The molecule has 0 spiro atoms. The molecule has 0 bridgehead atoms. The second-order valence-corrected chi connectivity index (χ2v) is 14.2. The van der Waals surface area contributed by atoms with E-state index >= 15 is 4.39 Å². The van der Waals surface area contributed by atoms with Crippen LogP contribution in [0.2, 0.25) is 0 Å². The number of fused-ring (bicyclic) bond motifs is 2. The first-order chi connectivity index (χ1) is 31.7. The summed E-state index contributed by atoms with van der Waals surface area (Å²) >= 11 is 0. The summed E-state index contributed by atoms with van der Waals surface area (Å²) in [5, 5.41) is 61.9. The van der Waals surface area contributed by atoms with Gasteiger partial charge < -0.3 is 0 Å². The smallest absolute Gasteiger partial charge is 0.206 e. The van der Waals surface area contributed by atoms with Crippen molar-refractivity contribution < 1.29 is 83.4 Å². The third-order valence-electron chi connectivity index (χ3n) is 10.3. The van der Waals surface area contributed by atoms with Gasteiger partial charge in [0.05, 0.1) is 44.5 Å². The van der Waals surface area contributed by atoms with Crippen LogP contribution in [0.25, 0.3) is 44.6 Å². The van der Waals surface area contributed by atoms with Crippen molar-refractivity contribution in [2.75, 3.05) is 0 Å². The molecule has 0 heterocycles. The van der Waals surface area contributed by atoms with Crippen LogP contribution in [0, 0.1) is 73.8 Å². The lowest BCUT2D eigenvalue weighted by atomic mass is 9.80. The number of hydrogen-bond donors (Lipinski definition) is 0. The SMILES string of the molecule is N#CC(C#N)=C1C(c2cc(C(F)(F)F)cc(C(F)(F)F)c2)=C(C#N)c2c(F)c3c(c(-c4ccc(C(F)(F)F)c(C(F)(F)F)c4)c21)C(=C(C#N)C#N)C(c1cc(C(F)(F)F)cc(C(F)(F)F)c1)=C3C#N. The highest BCUT2D eigenvalue weighted by Crippen LogP contribution is 2.61. The molecular formula is C44H9F19N6. The van der Waals surface area contributed by atoms with E-state index in [0.717, 1.165) is 24.3 Å². The van der Waals surface area contributed by atoms with Gasteiger partial charge in [0, 0.05) is 44.5 Å². The zero-order chi connectivity index (χ0) is 51.9. The molecule has 0 aliphatic heterocycles. The predicted octanol–water partition coefficient (Wildman–Crippen LogP) is 14.1. The molecule has 0 saturated carbocycles. The average molecular weight is 983 g/mol. The largest absolute Gasteiger partial charge is 0.417 e. The van der Waals surface area contributed by atoms with Crippen molar-refractivity contribution in [2.45, 2.75) is 37.1 Å². The number of rotatable bonds is 3. The molecule has 4 aromatic carbocycles. The third kappa shape index (κ3) is 8.44. The number of alkyl halides is 18. The Morgan fingerprint density at radius 2 is 0.667 bits per heavy atom. The van der Waals surface area contributed by atoms with Gasteiger partial charge in [-0.1, -0.05) is 6.07 Å². The minimum absolute atomic E-state index is 0.101. The van der Waals surface area contributed by atoms with E-state index in [-0.39, 0.29) is 36.4 Å². The lowest BCUT2D eigenvalue weighted by Gasteiger charge is -2.22. The fraction of sp³-hybridized carbons (Fsp3) is 0.136. The van der Waals surface area contributed by atoms with E-state index in [9.17, 15) is 111 Å². The van der Waals surface area contributed by atoms with E-state index in [1.54, 1.807) is 0 Å². The maximum Gasteiger partial charge on any atom is 0.417 e. The molecule has 6 nitrogen and oxygen atoms in total. The van der Waals surface area contributed by atoms with Crippen molar-refractivity contribution in [2.24, 2.45) is 0 Å². The molecule has 2 aliphatic rings. The van der Waals surface area contributed by atoms with Crippen LogP contribution in [-0.2, 0) is 37.1 Å². The van der Waals surface area contributed by atoms with E-state index in [2.05, 4.69) is 0 Å². The zero-order valence-electron chi connectivity index (χ0n) is 32.6. The molecule has 2 aliphatic carbocycles. The summed E-state index contributed by atoms with van der Waals surface area (Å²) in [6, 6.07) is 4.86. The molecule has 25 heteroatoms. The molecule has 0 amide bonds. The van der Waals surface area contributed by atoms with Gasteiger partial charge >= 0.3 is 37.1 Å². The third-order valence-corrected chi connectivity index (χ3v) is 10.3. The Kier molecular flexibility index (Phi) is 11.8. The van der Waals surface area contributed by atoms with Crippen molar-refractivity contribution in [3.63, 3.8) is 0 Å². The van der Waals surface area contributed by atoms with Crippen LogP contribution < -0.4 is 0 Å². The second-order valence-electron chi connectivity index (χ2n) is 14.2. The summed E-state index contributed by atoms with van der Waals surface area (Å²) in [6.07, 6.45) is -34.9. The van der Waals surface area contributed by atoms with Crippen molar-refractivity contribution in [3.8, 4) is 47.5 Å². The van der Waals surface area contributed by atoms with E-state index in [1.165, 1.54) is 12.1 Å². The summed E-state index contributed by atoms with van der Waals surface area (Å²) in [5.41, 5.74) is -37.7. The molecule has 348 valence electrons. The predicted molar refractivity (Wildman–Crippen MR) is 196 cm³/mol. The van der Waals surface area contributed by atoms with Gasteiger partial charge in [-0.15, -0.1) is 0 Å². The highest BCUT2D eigenvalue weighted by Gasteiger charge is 2.48. The van der Waals surface area contributed by atoms with Crippen molar-refractivity contribution in [1.82, 2.24) is 0 Å². The molecule has 6 rings (SSSR count). The fourth-order valence-electron chi connectivity index (χ4n) is 7.68. The molecule has 0 unspecified atom stereocenters. The van der Waals surface area contributed by atoms with Crippen LogP contribution in [0.5, 0.6) is 0 Å². The second kappa shape index (κ2) is 16.4. The molecule has 69 heavy (non-hydrogen) atoms. The maximum atomic E-state index is 17.9. The fourth-order valence-corrected chi connectivity index (χ4v) is 7.68. The van der Waals surface area contributed by atoms with E-state index in [1.807, 2.05) is 0 Å². The Balaban J connectivity index is 2.02. The number of nitriles is 6. The zero-order valence-corrected chi connectivity index (χ0v) is 32.6. The number of allylic oxidation sites excluding steroid dienone is 8. The summed E-state index contributed by atoms with van der Waals surface area (Å²) in [6.45, 7) is 0. The quantitative estimate of drug-likeness (QED) is 0.148. The van der Waals surface area contributed by atoms with E-state index < -0.39 is 184 Å². The van der Waals surface area contributed by atoms with Gasteiger partial charge in [0.2, 0.25) is 0 Å². The Hall–Kier alpha value is -8.55. The Morgan fingerprint density at radius 3 is 0.928 bits per heavy atom. The topological polar surface area (TPSA) is 143 Å². The van der Waals surface area contributed by atoms with Gasteiger partial charge in [0.25, 0.3) is 0 Å². The monoisotopic (exact) mass is 982 g/mol. The first-order valence-electron chi connectivity index (χ1n) is 17.9. The molecule has 0 radical (unpaired) electrons. The molecule has 4 aromatic rings. The van der Waals surface area contributed by atoms with Crippen molar-refractivity contribution in [1.29, 1.82) is 31.6 Å². The van der Waals surface area contributed by atoms with E-state index in [0.29, 0.717) is 0 Å². The van der Waals surface area contributed by atoms with E-state index in [4.69, 9.17) is 0 Å². The molecule has 0 fully saturated rings. The summed E-state index contributed by atoms with van der Waals surface area (Å²) < 4.78 is 275. The Bertz CT molecular complexity index is 3080. The van der Waals surface area contributed by atoms with Crippen molar-refractivity contribution in [3.05, 3.63) is 138 Å². The number of hydrogen-bond acceptors (Lipinski definition) is 6. The van der Waals surface area contributed by atoms with Gasteiger partial charge in [-0.3, -0.25) is 0 Å². The number of halogens is 19. The summed E-state index contributed by atoms with van der Waals surface area (Å²) in [7, 11) is 0. The number of benzene rings is 4.